The molecule has 2 aromatic rings. The zero-order chi connectivity index (χ0) is 13.1. The van der Waals surface area contributed by atoms with E-state index in [4.69, 9.17) is 11.5 Å². The lowest BCUT2D eigenvalue weighted by Gasteiger charge is -2.01. The largest absolute Gasteiger partial charge is 0.399 e. The van der Waals surface area contributed by atoms with Crippen molar-refractivity contribution < 1.29 is 0 Å². The van der Waals surface area contributed by atoms with E-state index >= 15 is 0 Å². The van der Waals surface area contributed by atoms with Crippen molar-refractivity contribution >= 4 is 11.4 Å². The summed E-state index contributed by atoms with van der Waals surface area (Å²) in [5.74, 6) is 6.34. The number of hydrogen-bond acceptors (Lipinski definition) is 2. The summed E-state index contributed by atoms with van der Waals surface area (Å²) in [4.78, 5) is 0. The van der Waals surface area contributed by atoms with Gasteiger partial charge in [-0.2, -0.15) is 0 Å². The highest BCUT2D eigenvalue weighted by atomic mass is 14.5. The number of benzene rings is 2. The summed E-state index contributed by atoms with van der Waals surface area (Å²) >= 11 is 0. The Bertz CT molecular complexity index is 590. The monoisotopic (exact) mass is 236 g/mol. The minimum absolute atomic E-state index is 0.765. The van der Waals surface area contributed by atoms with Crippen molar-refractivity contribution in [3.8, 4) is 11.8 Å². The molecule has 0 atom stereocenters. The lowest BCUT2D eigenvalue weighted by molar-refractivity contribution is 1.42. The fourth-order valence-corrected chi connectivity index (χ4v) is 1.79. The Labute approximate surface area is 108 Å². The minimum atomic E-state index is 0.765. The third kappa shape index (κ3) is 2.64. The summed E-state index contributed by atoms with van der Waals surface area (Å²) in [5.41, 5.74) is 17.1. The van der Waals surface area contributed by atoms with Crippen LogP contribution < -0.4 is 11.5 Å². The number of hydrogen-bond donors (Lipinski definition) is 2. The topological polar surface area (TPSA) is 52.0 Å². The van der Waals surface area contributed by atoms with Gasteiger partial charge in [0.05, 0.1) is 0 Å². The number of nitrogens with two attached hydrogens (primary N) is 2. The van der Waals surface area contributed by atoms with Crippen LogP contribution in [0.5, 0.6) is 0 Å². The smallest absolute Gasteiger partial charge is 0.0317 e. The fourth-order valence-electron chi connectivity index (χ4n) is 1.79. The Kier molecular flexibility index (Phi) is 3.25. The standard InChI is InChI=1S/C16H16N2/c1-11-9-15(17)7-5-13(11)3-4-14-6-8-16(18)10-12(14)2/h5-10H,17-18H2,1-2H3. The molecule has 0 aromatic heterocycles. The molecule has 0 fully saturated rings. The first-order valence-corrected chi connectivity index (χ1v) is 5.80. The van der Waals surface area contributed by atoms with Crippen molar-refractivity contribution in [2.24, 2.45) is 0 Å². The van der Waals surface area contributed by atoms with Crippen LogP contribution in [-0.2, 0) is 0 Å². The van der Waals surface area contributed by atoms with Gasteiger partial charge in [-0.1, -0.05) is 11.8 Å². The molecule has 0 unspecified atom stereocenters. The Morgan fingerprint density at radius 2 is 1.11 bits per heavy atom. The third-order valence-corrected chi connectivity index (χ3v) is 2.83. The molecule has 2 aromatic carbocycles. The maximum atomic E-state index is 5.71. The van der Waals surface area contributed by atoms with Crippen LogP contribution >= 0.6 is 0 Å². The minimum Gasteiger partial charge on any atom is -0.399 e. The molecule has 0 spiro atoms. The molecule has 0 heterocycles. The van der Waals surface area contributed by atoms with E-state index in [0.717, 1.165) is 33.6 Å². The van der Waals surface area contributed by atoms with Crippen LogP contribution in [0.2, 0.25) is 0 Å². The van der Waals surface area contributed by atoms with Gasteiger partial charge in [0.1, 0.15) is 0 Å². The van der Waals surface area contributed by atoms with Crippen molar-refractivity contribution in [1.82, 2.24) is 0 Å². The van der Waals surface area contributed by atoms with Crippen LogP contribution in [0.25, 0.3) is 0 Å². The highest BCUT2D eigenvalue weighted by molar-refractivity contribution is 5.55. The summed E-state index contributed by atoms with van der Waals surface area (Å²) in [6.07, 6.45) is 0. The molecular formula is C16H16N2. The number of anilines is 2. The molecule has 0 aliphatic carbocycles. The van der Waals surface area contributed by atoms with E-state index < -0.39 is 0 Å². The molecule has 90 valence electrons. The molecule has 0 saturated carbocycles. The van der Waals surface area contributed by atoms with Gasteiger partial charge < -0.3 is 11.5 Å². The number of nitrogen functional groups attached to an aromatic ring is 2. The first-order chi connectivity index (χ1) is 8.56. The summed E-state index contributed by atoms with van der Waals surface area (Å²) in [6.45, 7) is 4.02. The van der Waals surface area contributed by atoms with E-state index in [9.17, 15) is 0 Å². The van der Waals surface area contributed by atoms with Crippen LogP contribution in [0.1, 0.15) is 22.3 Å². The maximum Gasteiger partial charge on any atom is 0.0317 e. The van der Waals surface area contributed by atoms with Gasteiger partial charge in [-0.25, -0.2) is 0 Å². The van der Waals surface area contributed by atoms with Gasteiger partial charge in [0, 0.05) is 22.5 Å². The van der Waals surface area contributed by atoms with Crippen molar-refractivity contribution in [1.29, 1.82) is 0 Å². The second-order valence-electron chi connectivity index (χ2n) is 4.40. The Hall–Kier alpha value is -2.40. The summed E-state index contributed by atoms with van der Waals surface area (Å²) in [6, 6.07) is 11.5. The van der Waals surface area contributed by atoms with Gasteiger partial charge in [0.25, 0.3) is 0 Å². The zero-order valence-corrected chi connectivity index (χ0v) is 10.6. The maximum absolute atomic E-state index is 5.71. The number of rotatable bonds is 0. The molecule has 4 N–H and O–H groups in total. The molecule has 18 heavy (non-hydrogen) atoms. The van der Waals surface area contributed by atoms with Crippen LogP contribution in [0, 0.1) is 25.7 Å². The van der Waals surface area contributed by atoms with E-state index in [1.165, 1.54) is 0 Å². The van der Waals surface area contributed by atoms with Gasteiger partial charge in [-0.3, -0.25) is 0 Å². The van der Waals surface area contributed by atoms with Crippen LogP contribution in [-0.4, -0.2) is 0 Å². The van der Waals surface area contributed by atoms with Crippen LogP contribution in [0.15, 0.2) is 36.4 Å². The quantitative estimate of drug-likeness (QED) is 0.546. The zero-order valence-electron chi connectivity index (χ0n) is 10.6. The van der Waals surface area contributed by atoms with E-state index in [-0.39, 0.29) is 0 Å². The van der Waals surface area contributed by atoms with Gasteiger partial charge in [-0.05, 0) is 61.4 Å². The van der Waals surface area contributed by atoms with E-state index in [2.05, 4.69) is 11.8 Å². The second-order valence-corrected chi connectivity index (χ2v) is 4.40. The first-order valence-electron chi connectivity index (χ1n) is 5.80. The lowest BCUT2D eigenvalue weighted by Crippen LogP contribution is -1.90. The lowest BCUT2D eigenvalue weighted by atomic mass is 10.1. The SMILES string of the molecule is Cc1cc(N)ccc1C#Cc1ccc(N)cc1C. The molecule has 2 heteroatoms. The number of aryl methyl sites for hydroxylation is 2. The molecule has 2 rings (SSSR count). The Morgan fingerprint density at radius 3 is 1.44 bits per heavy atom. The van der Waals surface area contributed by atoms with Crippen LogP contribution in [0.4, 0.5) is 11.4 Å². The predicted molar refractivity (Wildman–Crippen MR) is 77.2 cm³/mol. The van der Waals surface area contributed by atoms with Gasteiger partial charge >= 0.3 is 0 Å². The third-order valence-electron chi connectivity index (χ3n) is 2.83. The van der Waals surface area contributed by atoms with Crippen molar-refractivity contribution in [2.45, 2.75) is 13.8 Å². The molecule has 0 aliphatic heterocycles. The van der Waals surface area contributed by atoms with Gasteiger partial charge in [0.2, 0.25) is 0 Å². The molecule has 2 nitrogen and oxygen atoms in total. The molecule has 0 aliphatic rings. The summed E-state index contributed by atoms with van der Waals surface area (Å²) in [7, 11) is 0. The van der Waals surface area contributed by atoms with Crippen molar-refractivity contribution in [3.63, 3.8) is 0 Å². The molecule has 0 amide bonds. The van der Waals surface area contributed by atoms with Gasteiger partial charge in [0.15, 0.2) is 0 Å². The Balaban J connectivity index is 2.37. The second kappa shape index (κ2) is 4.85. The highest BCUT2D eigenvalue weighted by Crippen LogP contribution is 2.13. The summed E-state index contributed by atoms with van der Waals surface area (Å²) < 4.78 is 0. The fraction of sp³-hybridized carbons (Fsp3) is 0.125. The predicted octanol–water partition coefficient (Wildman–Crippen LogP) is 2.87. The van der Waals surface area contributed by atoms with Crippen LogP contribution in [0.3, 0.4) is 0 Å². The normalized spacial score (nSPS) is 9.67. The van der Waals surface area contributed by atoms with E-state index in [0.29, 0.717) is 0 Å². The van der Waals surface area contributed by atoms with Crippen molar-refractivity contribution in [2.75, 3.05) is 11.5 Å². The summed E-state index contributed by atoms with van der Waals surface area (Å²) in [5, 5.41) is 0. The van der Waals surface area contributed by atoms with Gasteiger partial charge in [-0.15, -0.1) is 0 Å². The highest BCUT2D eigenvalue weighted by Gasteiger charge is 1.97. The average molecular weight is 236 g/mol. The Morgan fingerprint density at radius 1 is 0.722 bits per heavy atom. The van der Waals surface area contributed by atoms with E-state index in [1.54, 1.807) is 0 Å². The molecular weight excluding hydrogens is 220 g/mol. The molecule has 0 saturated heterocycles. The average Bonchev–Trinajstić information content (AvgIpc) is 2.30. The molecule has 0 radical (unpaired) electrons. The van der Waals surface area contributed by atoms with Crippen molar-refractivity contribution in [3.05, 3.63) is 58.7 Å². The molecule has 0 bridgehead atoms. The first kappa shape index (κ1) is 12.1. The van der Waals surface area contributed by atoms with E-state index in [1.807, 2.05) is 50.2 Å².